The molecule has 1 aromatic heterocycles. The van der Waals surface area contributed by atoms with Crippen LogP contribution in [-0.2, 0) is 6.42 Å². The summed E-state index contributed by atoms with van der Waals surface area (Å²) in [7, 11) is 0. The number of piperidine rings is 2. The van der Waals surface area contributed by atoms with E-state index in [1.165, 1.54) is 0 Å². The van der Waals surface area contributed by atoms with E-state index in [1.54, 1.807) is 0 Å². The van der Waals surface area contributed by atoms with Crippen LogP contribution in [-0.4, -0.2) is 69.5 Å². The quantitative estimate of drug-likeness (QED) is 0.856. The number of hydrogen-bond donors (Lipinski definition) is 2. The van der Waals surface area contributed by atoms with Gasteiger partial charge in [-0.15, -0.1) is 0 Å². The third-order valence-corrected chi connectivity index (χ3v) is 5.20. The van der Waals surface area contributed by atoms with E-state index in [0.29, 0.717) is 6.54 Å². The van der Waals surface area contributed by atoms with Crippen LogP contribution in [0.1, 0.15) is 37.4 Å². The van der Waals surface area contributed by atoms with E-state index >= 15 is 0 Å². The van der Waals surface area contributed by atoms with Crippen molar-refractivity contribution >= 4 is 5.95 Å². The van der Waals surface area contributed by atoms with Crippen LogP contribution in [0.3, 0.4) is 0 Å². The summed E-state index contributed by atoms with van der Waals surface area (Å²) < 4.78 is 0. The van der Waals surface area contributed by atoms with E-state index in [0.717, 1.165) is 62.5 Å². The standard InChI is InChI=1S/C17H28N4O2/c1-3-14-12(2)10-18-17(19-14)21-9-6-15(16(23)11-21)20-7-4-13(22)5-8-20/h10,13,15-16,22-23H,3-9,11H2,1-2H3/t15-,16-/m1/s1. The van der Waals surface area contributed by atoms with E-state index in [4.69, 9.17) is 0 Å². The van der Waals surface area contributed by atoms with Gasteiger partial charge in [0.15, 0.2) is 0 Å². The molecule has 6 heteroatoms. The molecule has 2 saturated heterocycles. The molecule has 23 heavy (non-hydrogen) atoms. The molecule has 0 radical (unpaired) electrons. The zero-order valence-electron chi connectivity index (χ0n) is 14.1. The number of likely N-dealkylation sites (tertiary alicyclic amines) is 1. The first-order valence-electron chi connectivity index (χ1n) is 8.76. The maximum Gasteiger partial charge on any atom is 0.225 e. The van der Waals surface area contributed by atoms with Crippen molar-refractivity contribution in [3.63, 3.8) is 0 Å². The van der Waals surface area contributed by atoms with Crippen molar-refractivity contribution in [1.29, 1.82) is 0 Å². The van der Waals surface area contributed by atoms with Crippen LogP contribution < -0.4 is 4.90 Å². The lowest BCUT2D eigenvalue weighted by Crippen LogP contribution is -2.56. The number of aryl methyl sites for hydroxylation is 2. The third-order valence-electron chi connectivity index (χ3n) is 5.20. The SMILES string of the molecule is CCc1nc(N2CC[C@@H](N3CCC(O)CC3)[C@H](O)C2)ncc1C. The highest BCUT2D eigenvalue weighted by atomic mass is 16.3. The molecule has 1 aromatic rings. The predicted octanol–water partition coefficient (Wildman–Crippen LogP) is 0.744. The van der Waals surface area contributed by atoms with Crippen molar-refractivity contribution in [3.05, 3.63) is 17.5 Å². The molecule has 128 valence electrons. The Morgan fingerprint density at radius 3 is 2.57 bits per heavy atom. The van der Waals surface area contributed by atoms with E-state index < -0.39 is 6.10 Å². The Balaban J connectivity index is 1.64. The molecule has 6 nitrogen and oxygen atoms in total. The molecule has 2 N–H and O–H groups in total. The van der Waals surface area contributed by atoms with Gasteiger partial charge >= 0.3 is 0 Å². The summed E-state index contributed by atoms with van der Waals surface area (Å²) in [5.74, 6) is 0.735. The van der Waals surface area contributed by atoms with Crippen molar-refractivity contribution in [2.24, 2.45) is 0 Å². The largest absolute Gasteiger partial charge is 0.393 e. The Morgan fingerprint density at radius 1 is 1.17 bits per heavy atom. The summed E-state index contributed by atoms with van der Waals surface area (Å²) in [5.41, 5.74) is 2.20. The van der Waals surface area contributed by atoms with Gasteiger partial charge in [-0.3, -0.25) is 4.90 Å². The fraction of sp³-hybridized carbons (Fsp3) is 0.765. The Hall–Kier alpha value is -1.24. The minimum Gasteiger partial charge on any atom is -0.393 e. The Morgan fingerprint density at radius 2 is 1.91 bits per heavy atom. The first kappa shape index (κ1) is 16.6. The number of anilines is 1. The second-order valence-corrected chi connectivity index (χ2v) is 6.79. The van der Waals surface area contributed by atoms with Gasteiger partial charge in [0.05, 0.1) is 12.2 Å². The predicted molar refractivity (Wildman–Crippen MR) is 89.6 cm³/mol. The number of aliphatic hydroxyl groups excluding tert-OH is 2. The molecule has 0 amide bonds. The third kappa shape index (κ3) is 3.65. The number of hydrogen-bond acceptors (Lipinski definition) is 6. The number of aromatic nitrogens is 2. The minimum absolute atomic E-state index is 0.170. The summed E-state index contributed by atoms with van der Waals surface area (Å²) in [5, 5.41) is 20.2. The second kappa shape index (κ2) is 7.11. The van der Waals surface area contributed by atoms with Crippen LogP contribution in [0.5, 0.6) is 0 Å². The van der Waals surface area contributed by atoms with Gasteiger partial charge in [0.25, 0.3) is 0 Å². The smallest absolute Gasteiger partial charge is 0.225 e. The molecule has 2 fully saturated rings. The molecule has 0 aromatic carbocycles. The zero-order valence-corrected chi connectivity index (χ0v) is 14.1. The Kier molecular flexibility index (Phi) is 5.14. The van der Waals surface area contributed by atoms with Gasteiger partial charge in [0.1, 0.15) is 0 Å². The molecule has 0 bridgehead atoms. The van der Waals surface area contributed by atoms with Crippen LogP contribution in [0.4, 0.5) is 5.95 Å². The molecule has 3 heterocycles. The number of nitrogens with zero attached hydrogens (tertiary/aromatic N) is 4. The fourth-order valence-electron chi connectivity index (χ4n) is 3.72. The molecular weight excluding hydrogens is 292 g/mol. The highest BCUT2D eigenvalue weighted by molar-refractivity contribution is 5.34. The van der Waals surface area contributed by atoms with Crippen LogP contribution in [0.2, 0.25) is 0 Å². The number of aliphatic hydroxyl groups is 2. The number of β-amino-alcohol motifs (C(OH)–C–C–N with tert-alkyl or cyclic N) is 1. The lowest BCUT2D eigenvalue weighted by Gasteiger charge is -2.43. The van der Waals surface area contributed by atoms with Crippen molar-refractivity contribution < 1.29 is 10.2 Å². The van der Waals surface area contributed by atoms with Crippen molar-refractivity contribution in [3.8, 4) is 0 Å². The summed E-state index contributed by atoms with van der Waals surface area (Å²) in [6.07, 6.45) is 4.76. The van der Waals surface area contributed by atoms with Gasteiger partial charge in [0, 0.05) is 44.1 Å². The first-order chi connectivity index (χ1) is 11.1. The van der Waals surface area contributed by atoms with Gasteiger partial charge in [-0.1, -0.05) is 6.92 Å². The summed E-state index contributed by atoms with van der Waals surface area (Å²) >= 11 is 0. The maximum absolute atomic E-state index is 10.6. The molecule has 3 rings (SSSR count). The van der Waals surface area contributed by atoms with E-state index in [-0.39, 0.29) is 12.1 Å². The summed E-state index contributed by atoms with van der Waals surface area (Å²) in [6, 6.07) is 0.190. The van der Waals surface area contributed by atoms with Crippen LogP contribution in [0.15, 0.2) is 6.20 Å². The highest BCUT2D eigenvalue weighted by Crippen LogP contribution is 2.24. The molecule has 2 atom stereocenters. The minimum atomic E-state index is -0.394. The maximum atomic E-state index is 10.6. The topological polar surface area (TPSA) is 72.7 Å². The lowest BCUT2D eigenvalue weighted by molar-refractivity contribution is -0.000335. The van der Waals surface area contributed by atoms with Gasteiger partial charge in [0.2, 0.25) is 5.95 Å². The monoisotopic (exact) mass is 320 g/mol. The summed E-state index contributed by atoms with van der Waals surface area (Å²) in [4.78, 5) is 13.5. The van der Waals surface area contributed by atoms with Crippen molar-refractivity contribution in [2.75, 3.05) is 31.1 Å². The van der Waals surface area contributed by atoms with Crippen LogP contribution in [0.25, 0.3) is 0 Å². The molecule has 0 saturated carbocycles. The van der Waals surface area contributed by atoms with Crippen molar-refractivity contribution in [1.82, 2.24) is 14.9 Å². The zero-order chi connectivity index (χ0) is 16.4. The van der Waals surface area contributed by atoms with E-state index in [9.17, 15) is 10.2 Å². The molecule has 0 aliphatic carbocycles. The Labute approximate surface area is 138 Å². The normalized spacial score (nSPS) is 27.4. The lowest BCUT2D eigenvalue weighted by atomic mass is 9.97. The number of rotatable bonds is 3. The average molecular weight is 320 g/mol. The van der Waals surface area contributed by atoms with Gasteiger partial charge in [-0.25, -0.2) is 9.97 Å². The average Bonchev–Trinajstić information content (AvgIpc) is 2.56. The van der Waals surface area contributed by atoms with Crippen LogP contribution in [0, 0.1) is 6.92 Å². The molecular formula is C17H28N4O2. The Bertz CT molecular complexity index is 531. The van der Waals surface area contributed by atoms with Gasteiger partial charge < -0.3 is 15.1 Å². The van der Waals surface area contributed by atoms with Gasteiger partial charge in [-0.2, -0.15) is 0 Å². The molecule has 2 aliphatic heterocycles. The van der Waals surface area contributed by atoms with Crippen LogP contribution >= 0.6 is 0 Å². The molecule has 0 spiro atoms. The first-order valence-corrected chi connectivity index (χ1v) is 8.76. The fourth-order valence-corrected chi connectivity index (χ4v) is 3.72. The van der Waals surface area contributed by atoms with E-state index in [1.807, 2.05) is 13.1 Å². The van der Waals surface area contributed by atoms with E-state index in [2.05, 4.69) is 26.7 Å². The van der Waals surface area contributed by atoms with Gasteiger partial charge in [-0.05, 0) is 38.2 Å². The summed E-state index contributed by atoms with van der Waals surface area (Å²) in [6.45, 7) is 7.34. The molecule has 0 unspecified atom stereocenters. The van der Waals surface area contributed by atoms with Crippen molar-refractivity contribution in [2.45, 2.75) is 57.8 Å². The second-order valence-electron chi connectivity index (χ2n) is 6.79. The molecule has 2 aliphatic rings. The highest BCUT2D eigenvalue weighted by Gasteiger charge is 2.34.